The number of aromatic nitrogens is 1. The van der Waals surface area contributed by atoms with E-state index in [1.165, 1.54) is 44.2 Å². The van der Waals surface area contributed by atoms with Crippen LogP contribution in [0, 0.1) is 6.07 Å². The van der Waals surface area contributed by atoms with Gasteiger partial charge in [-0.25, -0.2) is 0 Å². The molecule has 0 spiro atoms. The van der Waals surface area contributed by atoms with Gasteiger partial charge in [-0.2, -0.15) is 0 Å². The van der Waals surface area contributed by atoms with Crippen molar-refractivity contribution in [2.24, 2.45) is 0 Å². The maximum atomic E-state index is 3.83. The van der Waals surface area contributed by atoms with Gasteiger partial charge in [0, 0.05) is 33.5 Å². The molecule has 1 radical (unpaired) electrons. The van der Waals surface area contributed by atoms with Gasteiger partial charge in [0.05, 0.1) is 5.52 Å². The maximum absolute atomic E-state index is 3.83. The molecule has 1 heterocycles. The van der Waals surface area contributed by atoms with Crippen molar-refractivity contribution in [1.29, 1.82) is 0 Å². The molecule has 0 fully saturated rings. The average molecular weight is 471 g/mol. The van der Waals surface area contributed by atoms with Crippen molar-refractivity contribution in [1.82, 2.24) is 4.98 Å². The third kappa shape index (κ3) is 3.64. The average Bonchev–Trinajstić information content (AvgIpc) is 3.36. The summed E-state index contributed by atoms with van der Waals surface area (Å²) in [5.74, 6) is 0. The van der Waals surface area contributed by atoms with Crippen LogP contribution >= 0.6 is 0 Å². The van der Waals surface area contributed by atoms with Gasteiger partial charge in [0.15, 0.2) is 0 Å². The van der Waals surface area contributed by atoms with Crippen molar-refractivity contribution >= 4 is 21.8 Å². The first-order chi connectivity index (χ1) is 18.4. The topological polar surface area (TPSA) is 15.8 Å². The summed E-state index contributed by atoms with van der Waals surface area (Å²) in [5.41, 5.74) is 11.6. The number of H-pyrrole nitrogens is 1. The Kier molecular flexibility index (Phi) is 5.19. The lowest BCUT2D eigenvalue weighted by molar-refractivity contribution is 1.52. The molecule has 0 bridgehead atoms. The monoisotopic (exact) mass is 470 g/mol. The lowest BCUT2D eigenvalue weighted by atomic mass is 9.84. The van der Waals surface area contributed by atoms with Gasteiger partial charge in [0.1, 0.15) is 0 Å². The normalized spacial score (nSPS) is 11.2. The van der Waals surface area contributed by atoms with Crippen LogP contribution in [0.1, 0.15) is 0 Å². The molecule has 0 atom stereocenters. The van der Waals surface area contributed by atoms with Crippen LogP contribution in [-0.2, 0) is 0 Å². The minimum Gasteiger partial charge on any atom is -0.354 e. The van der Waals surface area contributed by atoms with Gasteiger partial charge in [-0.3, -0.25) is 0 Å². The summed E-state index contributed by atoms with van der Waals surface area (Å²) < 4.78 is 0. The van der Waals surface area contributed by atoms with E-state index in [0.717, 1.165) is 22.2 Å². The third-order valence-electron chi connectivity index (χ3n) is 7.10. The highest BCUT2D eigenvalue weighted by Crippen LogP contribution is 2.48. The molecule has 0 unspecified atom stereocenters. The molecule has 37 heavy (non-hydrogen) atoms. The van der Waals surface area contributed by atoms with E-state index >= 15 is 0 Å². The highest BCUT2D eigenvalue weighted by atomic mass is 14.7. The Balaban J connectivity index is 1.72. The van der Waals surface area contributed by atoms with E-state index in [1.807, 2.05) is 0 Å². The first-order valence-corrected chi connectivity index (χ1v) is 12.6. The standard InChI is InChI=1S/C36H24N/c1-5-14-25(15-6-1)29-22-13-23-31-35(29)36-32(37-31)24-30(26-16-7-2-8-17-26)33(27-18-9-3-10-19-27)34(36)28-20-11-4-12-21-28/h1-23,37H. The third-order valence-corrected chi connectivity index (χ3v) is 7.10. The van der Waals surface area contributed by atoms with Gasteiger partial charge in [-0.05, 0) is 39.4 Å². The van der Waals surface area contributed by atoms with Crippen LogP contribution in [0.25, 0.3) is 66.3 Å². The minimum absolute atomic E-state index is 1.02. The van der Waals surface area contributed by atoms with Crippen molar-refractivity contribution in [2.75, 3.05) is 0 Å². The molecule has 0 aliphatic rings. The summed E-state index contributed by atoms with van der Waals surface area (Å²) >= 11 is 0. The fourth-order valence-electron chi connectivity index (χ4n) is 5.50. The van der Waals surface area contributed by atoms with Crippen LogP contribution < -0.4 is 0 Å². The van der Waals surface area contributed by atoms with Crippen LogP contribution in [0.15, 0.2) is 140 Å². The lowest BCUT2D eigenvalue weighted by Crippen LogP contribution is -1.93. The van der Waals surface area contributed by atoms with Crippen LogP contribution in [0.5, 0.6) is 0 Å². The zero-order valence-corrected chi connectivity index (χ0v) is 20.3. The molecule has 0 saturated heterocycles. The van der Waals surface area contributed by atoms with Gasteiger partial charge >= 0.3 is 0 Å². The Bertz CT molecular complexity index is 1830. The van der Waals surface area contributed by atoms with Gasteiger partial charge < -0.3 is 4.98 Å². The van der Waals surface area contributed by atoms with Gasteiger partial charge in [0.25, 0.3) is 0 Å². The number of fused-ring (bicyclic) bond motifs is 3. The largest absolute Gasteiger partial charge is 0.354 e. The lowest BCUT2D eigenvalue weighted by Gasteiger charge is -2.18. The number of hydrogen-bond donors (Lipinski definition) is 1. The number of hydrogen-bond acceptors (Lipinski definition) is 0. The minimum atomic E-state index is 1.02. The molecule has 0 amide bonds. The summed E-state index contributed by atoms with van der Waals surface area (Å²) in [6, 6.07) is 53.2. The highest BCUT2D eigenvalue weighted by molar-refractivity contribution is 6.23. The second-order valence-electron chi connectivity index (χ2n) is 9.32. The molecular weight excluding hydrogens is 446 g/mol. The smallest absolute Gasteiger partial charge is 0.0558 e. The fourth-order valence-corrected chi connectivity index (χ4v) is 5.50. The molecule has 1 nitrogen and oxygen atoms in total. The molecular formula is C36H24N. The predicted molar refractivity (Wildman–Crippen MR) is 156 cm³/mol. The number of aromatic amines is 1. The molecule has 0 aliphatic carbocycles. The molecule has 1 heteroatoms. The highest BCUT2D eigenvalue weighted by Gasteiger charge is 2.22. The van der Waals surface area contributed by atoms with Crippen molar-refractivity contribution in [3.8, 4) is 44.5 Å². The van der Waals surface area contributed by atoms with E-state index in [2.05, 4.69) is 151 Å². The SMILES string of the molecule is [c]1c(-c2ccccc2)c(-c2ccccc2)c(-c2ccccc2)c2c1[nH]c1cccc(-c3ccccc3)c12. The molecule has 0 saturated carbocycles. The number of rotatable bonds is 4. The molecule has 1 N–H and O–H groups in total. The van der Waals surface area contributed by atoms with E-state index in [4.69, 9.17) is 0 Å². The second-order valence-corrected chi connectivity index (χ2v) is 9.32. The van der Waals surface area contributed by atoms with Gasteiger partial charge in [-0.15, -0.1) is 0 Å². The van der Waals surface area contributed by atoms with E-state index in [0.29, 0.717) is 0 Å². The predicted octanol–water partition coefficient (Wildman–Crippen LogP) is 9.79. The quantitative estimate of drug-likeness (QED) is 0.263. The second kappa shape index (κ2) is 8.96. The number of benzene rings is 6. The van der Waals surface area contributed by atoms with Gasteiger partial charge in [0.2, 0.25) is 0 Å². The Morgan fingerprint density at radius 2 is 0.919 bits per heavy atom. The molecule has 1 aromatic heterocycles. The zero-order chi connectivity index (χ0) is 24.6. The molecule has 7 rings (SSSR count). The Hall–Kier alpha value is -4.88. The summed E-state index contributed by atoms with van der Waals surface area (Å²) in [4.78, 5) is 3.73. The van der Waals surface area contributed by atoms with E-state index < -0.39 is 0 Å². The van der Waals surface area contributed by atoms with E-state index in [1.54, 1.807) is 0 Å². The summed E-state index contributed by atoms with van der Waals surface area (Å²) in [5, 5.41) is 2.44. The van der Waals surface area contributed by atoms with Crippen molar-refractivity contribution in [3.63, 3.8) is 0 Å². The Morgan fingerprint density at radius 3 is 1.51 bits per heavy atom. The fraction of sp³-hybridized carbons (Fsp3) is 0. The summed E-state index contributed by atoms with van der Waals surface area (Å²) in [6.07, 6.45) is 0. The molecule has 0 aliphatic heterocycles. The van der Waals surface area contributed by atoms with Gasteiger partial charge in [-0.1, -0.05) is 133 Å². The zero-order valence-electron chi connectivity index (χ0n) is 20.3. The first-order valence-electron chi connectivity index (χ1n) is 12.6. The van der Waals surface area contributed by atoms with Crippen LogP contribution in [0.2, 0.25) is 0 Å². The maximum Gasteiger partial charge on any atom is 0.0558 e. The molecule has 173 valence electrons. The van der Waals surface area contributed by atoms with Crippen molar-refractivity contribution in [3.05, 3.63) is 146 Å². The molecule has 6 aromatic carbocycles. The summed E-state index contributed by atoms with van der Waals surface area (Å²) in [7, 11) is 0. The molecule has 7 aromatic rings. The van der Waals surface area contributed by atoms with Crippen molar-refractivity contribution in [2.45, 2.75) is 0 Å². The van der Waals surface area contributed by atoms with Crippen LogP contribution in [0.4, 0.5) is 0 Å². The van der Waals surface area contributed by atoms with Crippen molar-refractivity contribution < 1.29 is 0 Å². The van der Waals surface area contributed by atoms with E-state index in [-0.39, 0.29) is 0 Å². The van der Waals surface area contributed by atoms with E-state index in [9.17, 15) is 0 Å². The first kappa shape index (κ1) is 21.4. The van der Waals surface area contributed by atoms with Crippen LogP contribution in [0.3, 0.4) is 0 Å². The summed E-state index contributed by atoms with van der Waals surface area (Å²) in [6.45, 7) is 0. The van der Waals surface area contributed by atoms with Crippen LogP contribution in [-0.4, -0.2) is 4.98 Å². The Labute approximate surface area is 216 Å². The number of nitrogens with one attached hydrogen (secondary N) is 1. The Morgan fingerprint density at radius 1 is 0.405 bits per heavy atom.